The topological polar surface area (TPSA) is 81.9 Å². The molecule has 0 atom stereocenters. The molecule has 10 heteroatoms. The summed E-state index contributed by atoms with van der Waals surface area (Å²) in [5, 5.41) is 11.3. The van der Waals surface area contributed by atoms with Crippen LogP contribution < -0.4 is 9.47 Å². The van der Waals surface area contributed by atoms with Crippen molar-refractivity contribution >= 4 is 57.6 Å². The molecule has 0 N–H and O–H groups in total. The molecule has 1 aliphatic heterocycles. The van der Waals surface area contributed by atoms with Gasteiger partial charge >= 0.3 is 0 Å². The minimum absolute atomic E-state index is 0.00292. The Morgan fingerprint density at radius 1 is 1.11 bits per heavy atom. The number of nitro benzene ring substituents is 1. The molecule has 178 valence electrons. The summed E-state index contributed by atoms with van der Waals surface area (Å²) in [6, 6.07) is 18.9. The normalized spacial score (nSPS) is 14.5. The van der Waals surface area contributed by atoms with Crippen molar-refractivity contribution in [2.24, 2.45) is 0 Å². The number of halogens is 1. The summed E-state index contributed by atoms with van der Waals surface area (Å²) < 4.78 is 11.4. The number of nitro groups is 1. The molecule has 1 aliphatic rings. The van der Waals surface area contributed by atoms with Crippen LogP contribution in [0, 0.1) is 10.1 Å². The molecule has 3 aromatic carbocycles. The van der Waals surface area contributed by atoms with E-state index >= 15 is 0 Å². The molecular formula is C25H19ClN2O5S2. The van der Waals surface area contributed by atoms with E-state index in [1.165, 1.54) is 23.9 Å². The van der Waals surface area contributed by atoms with E-state index in [4.69, 9.17) is 33.3 Å². The van der Waals surface area contributed by atoms with Gasteiger partial charge in [0.05, 0.1) is 28.5 Å². The van der Waals surface area contributed by atoms with E-state index in [2.05, 4.69) is 0 Å². The Kier molecular flexibility index (Phi) is 7.70. The Hall–Kier alpha value is -3.40. The van der Waals surface area contributed by atoms with Crippen LogP contribution in [0.5, 0.6) is 11.5 Å². The lowest BCUT2D eigenvalue weighted by Crippen LogP contribution is -2.27. The fourth-order valence-corrected chi connectivity index (χ4v) is 4.84. The van der Waals surface area contributed by atoms with Crippen LogP contribution in [0.3, 0.4) is 0 Å². The quantitative estimate of drug-likeness (QED) is 0.149. The molecule has 0 bridgehead atoms. The van der Waals surface area contributed by atoms with Gasteiger partial charge in [0.1, 0.15) is 22.4 Å². The van der Waals surface area contributed by atoms with E-state index in [0.29, 0.717) is 32.1 Å². The van der Waals surface area contributed by atoms with Crippen LogP contribution in [-0.2, 0) is 17.9 Å². The molecule has 0 radical (unpaired) electrons. The van der Waals surface area contributed by atoms with Crippen LogP contribution in [-0.4, -0.2) is 27.2 Å². The van der Waals surface area contributed by atoms with Gasteiger partial charge in [0.25, 0.3) is 11.6 Å². The van der Waals surface area contributed by atoms with Gasteiger partial charge in [-0.05, 0) is 47.0 Å². The van der Waals surface area contributed by atoms with E-state index in [0.717, 1.165) is 16.9 Å². The molecule has 3 aromatic rings. The molecule has 1 heterocycles. The van der Waals surface area contributed by atoms with Crippen LogP contribution in [0.15, 0.2) is 71.6 Å². The summed E-state index contributed by atoms with van der Waals surface area (Å²) >= 11 is 13.1. The van der Waals surface area contributed by atoms with Crippen molar-refractivity contribution in [1.29, 1.82) is 0 Å². The zero-order valence-corrected chi connectivity index (χ0v) is 20.9. The summed E-state index contributed by atoms with van der Waals surface area (Å²) in [6.07, 6.45) is 1.74. The highest BCUT2D eigenvalue weighted by Gasteiger charge is 2.32. The van der Waals surface area contributed by atoms with Gasteiger partial charge in [-0.2, -0.15) is 0 Å². The lowest BCUT2D eigenvalue weighted by Gasteiger charge is -2.14. The number of thiocarbonyl (C=S) groups is 1. The molecule has 0 aromatic heterocycles. The lowest BCUT2D eigenvalue weighted by molar-refractivity contribution is -0.384. The Balaban J connectivity index is 1.43. The largest absolute Gasteiger partial charge is 0.497 e. The van der Waals surface area contributed by atoms with Crippen molar-refractivity contribution in [1.82, 2.24) is 4.90 Å². The molecule has 0 aliphatic carbocycles. The van der Waals surface area contributed by atoms with Gasteiger partial charge in [-0.3, -0.25) is 19.8 Å². The molecule has 35 heavy (non-hydrogen) atoms. The number of thioether (sulfide) groups is 1. The van der Waals surface area contributed by atoms with Crippen molar-refractivity contribution < 1.29 is 19.2 Å². The summed E-state index contributed by atoms with van der Waals surface area (Å²) in [6.45, 7) is 0.502. The number of carbonyl (C=O) groups is 1. The van der Waals surface area contributed by atoms with Crippen molar-refractivity contribution in [3.63, 3.8) is 0 Å². The van der Waals surface area contributed by atoms with Crippen LogP contribution in [0.2, 0.25) is 5.02 Å². The fourth-order valence-electron chi connectivity index (χ4n) is 3.35. The molecule has 0 saturated carbocycles. The van der Waals surface area contributed by atoms with Crippen molar-refractivity contribution in [2.45, 2.75) is 13.2 Å². The molecule has 1 amide bonds. The molecule has 0 unspecified atom stereocenters. The Bertz CT molecular complexity index is 1330. The van der Waals surface area contributed by atoms with Gasteiger partial charge in [-0.15, -0.1) is 0 Å². The first kappa shape index (κ1) is 24.7. The predicted octanol–water partition coefficient (Wildman–Crippen LogP) is 6.24. The minimum Gasteiger partial charge on any atom is -0.497 e. The predicted molar refractivity (Wildman–Crippen MR) is 141 cm³/mol. The van der Waals surface area contributed by atoms with Gasteiger partial charge in [0.15, 0.2) is 0 Å². The molecular weight excluding hydrogens is 508 g/mol. The maximum Gasteiger partial charge on any atom is 0.269 e. The fraction of sp³-hybridized carbons (Fsp3) is 0.120. The third kappa shape index (κ3) is 6.00. The second kappa shape index (κ2) is 10.9. The molecule has 4 rings (SSSR count). The van der Waals surface area contributed by atoms with Gasteiger partial charge < -0.3 is 9.47 Å². The molecule has 0 spiro atoms. The number of hydrogen-bond donors (Lipinski definition) is 0. The number of non-ortho nitro benzene ring substituents is 1. The average molecular weight is 527 g/mol. The third-order valence-corrected chi connectivity index (χ3v) is 6.82. The number of benzene rings is 3. The lowest BCUT2D eigenvalue weighted by atomic mass is 10.2. The van der Waals surface area contributed by atoms with Crippen LogP contribution >= 0.6 is 35.6 Å². The van der Waals surface area contributed by atoms with Gasteiger partial charge in [-0.1, -0.05) is 65.9 Å². The maximum absolute atomic E-state index is 13.0. The highest BCUT2D eigenvalue weighted by atomic mass is 35.5. The second-order valence-electron chi connectivity index (χ2n) is 7.52. The summed E-state index contributed by atoms with van der Waals surface area (Å²) in [5.41, 5.74) is 2.32. The molecule has 1 fully saturated rings. The first-order valence-corrected chi connectivity index (χ1v) is 12.0. The van der Waals surface area contributed by atoms with E-state index in [1.807, 2.05) is 24.3 Å². The Labute approximate surface area is 216 Å². The minimum atomic E-state index is -0.453. The zero-order valence-electron chi connectivity index (χ0n) is 18.5. The zero-order chi connectivity index (χ0) is 24.9. The third-order valence-electron chi connectivity index (χ3n) is 5.14. The first-order valence-electron chi connectivity index (χ1n) is 10.4. The number of rotatable bonds is 8. The highest BCUT2D eigenvalue weighted by Crippen LogP contribution is 2.35. The van der Waals surface area contributed by atoms with Crippen molar-refractivity contribution in [3.05, 3.63) is 103 Å². The van der Waals surface area contributed by atoms with Crippen molar-refractivity contribution in [3.8, 4) is 11.5 Å². The first-order chi connectivity index (χ1) is 16.8. The smallest absolute Gasteiger partial charge is 0.269 e. The SMILES string of the molecule is COc1ccc(CN2C(=O)C(=Cc3ccc(OCc4cccc([N+](=O)[O-])c4)c(Cl)c3)SC2=S)cc1. The number of methoxy groups -OCH3 is 1. The monoisotopic (exact) mass is 526 g/mol. The van der Waals surface area contributed by atoms with Crippen LogP contribution in [0.4, 0.5) is 5.69 Å². The van der Waals surface area contributed by atoms with Gasteiger partial charge in [0, 0.05) is 12.1 Å². The van der Waals surface area contributed by atoms with Crippen LogP contribution in [0.25, 0.3) is 6.08 Å². The maximum atomic E-state index is 13.0. The van der Waals surface area contributed by atoms with E-state index in [9.17, 15) is 14.9 Å². The Morgan fingerprint density at radius 3 is 2.57 bits per heavy atom. The van der Waals surface area contributed by atoms with E-state index in [1.54, 1.807) is 48.4 Å². The number of carbonyl (C=O) groups excluding carboxylic acids is 1. The van der Waals surface area contributed by atoms with E-state index < -0.39 is 4.92 Å². The highest BCUT2D eigenvalue weighted by molar-refractivity contribution is 8.26. The molecule has 7 nitrogen and oxygen atoms in total. The standard InChI is InChI=1S/C25H19ClN2O5S2/c1-32-20-8-5-16(6-9-20)14-27-24(29)23(35-25(27)34)13-17-7-10-22(21(26)12-17)33-15-18-3-2-4-19(11-18)28(30)31/h2-13H,14-15H2,1H3. The number of nitrogens with zero attached hydrogens (tertiary/aromatic N) is 2. The van der Waals surface area contributed by atoms with Crippen LogP contribution in [0.1, 0.15) is 16.7 Å². The van der Waals surface area contributed by atoms with Gasteiger partial charge in [-0.25, -0.2) is 0 Å². The number of ether oxygens (including phenoxy) is 2. The summed E-state index contributed by atoms with van der Waals surface area (Å²) in [5.74, 6) is 1.01. The number of hydrogen-bond acceptors (Lipinski definition) is 7. The Morgan fingerprint density at radius 2 is 1.89 bits per heavy atom. The average Bonchev–Trinajstić information content (AvgIpc) is 3.11. The van der Waals surface area contributed by atoms with E-state index in [-0.39, 0.29) is 18.2 Å². The second-order valence-corrected chi connectivity index (χ2v) is 9.60. The summed E-state index contributed by atoms with van der Waals surface area (Å²) in [4.78, 5) is 25.5. The molecule has 1 saturated heterocycles. The van der Waals surface area contributed by atoms with Gasteiger partial charge in [0.2, 0.25) is 0 Å². The number of amides is 1. The van der Waals surface area contributed by atoms with Crippen molar-refractivity contribution in [2.75, 3.05) is 7.11 Å². The summed E-state index contributed by atoms with van der Waals surface area (Å²) in [7, 11) is 1.60.